The maximum atomic E-state index is 9.90. The van der Waals surface area contributed by atoms with Crippen LogP contribution in [0, 0.1) is 0 Å². The lowest BCUT2D eigenvalue weighted by Gasteiger charge is -2.39. The Bertz CT molecular complexity index is 452. The molecular weight excluding hydrogens is 238 g/mol. The van der Waals surface area contributed by atoms with Crippen molar-refractivity contribution in [1.29, 1.82) is 0 Å². The molecule has 3 heteroatoms. The number of aliphatic hydroxyl groups is 1. The molecule has 3 nitrogen and oxygen atoms in total. The number of fused-ring (bicyclic) bond motifs is 1. The number of benzene rings is 1. The van der Waals surface area contributed by atoms with E-state index in [4.69, 9.17) is 0 Å². The molecule has 2 aliphatic carbocycles. The second kappa shape index (κ2) is 5.14. The molecule has 104 valence electrons. The van der Waals surface area contributed by atoms with Crippen LogP contribution in [0.3, 0.4) is 0 Å². The van der Waals surface area contributed by atoms with Crippen molar-refractivity contribution in [2.75, 3.05) is 6.61 Å². The molecule has 0 saturated heterocycles. The van der Waals surface area contributed by atoms with Crippen molar-refractivity contribution in [3.05, 3.63) is 29.3 Å². The molecule has 1 unspecified atom stereocenters. The molecule has 0 spiro atoms. The molecule has 0 bridgehead atoms. The van der Waals surface area contributed by atoms with Crippen LogP contribution in [-0.4, -0.2) is 22.4 Å². The Morgan fingerprint density at radius 2 is 2.00 bits per heavy atom. The maximum Gasteiger partial charge on any atom is 0.119 e. The van der Waals surface area contributed by atoms with Gasteiger partial charge in [-0.3, -0.25) is 0 Å². The summed E-state index contributed by atoms with van der Waals surface area (Å²) in [5.74, 6) is 0.420. The number of aliphatic hydroxyl groups excluding tert-OH is 1. The molecule has 1 atom stereocenters. The van der Waals surface area contributed by atoms with Gasteiger partial charge in [0.1, 0.15) is 5.75 Å². The van der Waals surface area contributed by atoms with E-state index in [0.717, 1.165) is 31.2 Å². The zero-order valence-corrected chi connectivity index (χ0v) is 11.4. The zero-order valence-electron chi connectivity index (χ0n) is 11.4. The van der Waals surface area contributed by atoms with Gasteiger partial charge in [-0.25, -0.2) is 0 Å². The lowest BCUT2D eigenvalue weighted by Crippen LogP contribution is -2.50. The summed E-state index contributed by atoms with van der Waals surface area (Å²) in [6, 6.07) is 6.07. The van der Waals surface area contributed by atoms with Gasteiger partial charge in [-0.15, -0.1) is 0 Å². The van der Waals surface area contributed by atoms with E-state index in [1.165, 1.54) is 24.8 Å². The molecule has 3 rings (SSSR count). The van der Waals surface area contributed by atoms with Crippen molar-refractivity contribution in [3.8, 4) is 5.75 Å². The Morgan fingerprint density at radius 1 is 1.21 bits per heavy atom. The first kappa shape index (κ1) is 12.9. The highest BCUT2D eigenvalue weighted by Crippen LogP contribution is 2.39. The van der Waals surface area contributed by atoms with Gasteiger partial charge < -0.3 is 15.5 Å². The Balaban J connectivity index is 1.80. The molecule has 1 aromatic rings. The van der Waals surface area contributed by atoms with E-state index in [9.17, 15) is 10.2 Å². The summed E-state index contributed by atoms with van der Waals surface area (Å²) < 4.78 is 0. The van der Waals surface area contributed by atoms with Crippen LogP contribution < -0.4 is 5.32 Å². The predicted octanol–water partition coefficient (Wildman–Crippen LogP) is 2.66. The highest BCUT2D eigenvalue weighted by Gasteiger charge is 2.36. The summed E-state index contributed by atoms with van der Waals surface area (Å²) in [6.45, 7) is 0.220. The van der Waals surface area contributed by atoms with Crippen molar-refractivity contribution in [2.24, 2.45) is 0 Å². The third kappa shape index (κ3) is 2.37. The normalized spacial score (nSPS) is 25.2. The molecule has 1 saturated carbocycles. The first-order valence-corrected chi connectivity index (χ1v) is 7.43. The average Bonchev–Trinajstić information content (AvgIpc) is 2.84. The Hall–Kier alpha value is -1.06. The molecule has 1 aromatic carbocycles. The minimum Gasteiger partial charge on any atom is -0.508 e. The van der Waals surface area contributed by atoms with E-state index in [1.807, 2.05) is 6.07 Å². The first-order chi connectivity index (χ1) is 9.24. The fourth-order valence-electron chi connectivity index (χ4n) is 3.73. The molecule has 0 aromatic heterocycles. The van der Waals surface area contributed by atoms with Crippen molar-refractivity contribution in [3.63, 3.8) is 0 Å². The van der Waals surface area contributed by atoms with Crippen LogP contribution in [0.25, 0.3) is 0 Å². The summed E-state index contributed by atoms with van der Waals surface area (Å²) in [7, 11) is 0. The minimum absolute atomic E-state index is 0.101. The smallest absolute Gasteiger partial charge is 0.119 e. The van der Waals surface area contributed by atoms with E-state index in [1.54, 1.807) is 6.07 Å². The van der Waals surface area contributed by atoms with Gasteiger partial charge in [-0.05, 0) is 42.9 Å². The topological polar surface area (TPSA) is 52.5 Å². The van der Waals surface area contributed by atoms with Crippen LogP contribution in [0.4, 0.5) is 0 Å². The third-order valence-corrected chi connectivity index (χ3v) is 4.84. The summed E-state index contributed by atoms with van der Waals surface area (Å²) in [4.78, 5) is 0. The van der Waals surface area contributed by atoms with Crippen LogP contribution in [-0.2, 0) is 6.42 Å². The lowest BCUT2D eigenvalue weighted by atomic mass is 9.81. The van der Waals surface area contributed by atoms with Crippen molar-refractivity contribution >= 4 is 0 Å². The fraction of sp³-hybridized carbons (Fsp3) is 0.625. The molecule has 19 heavy (non-hydrogen) atoms. The van der Waals surface area contributed by atoms with Gasteiger partial charge in [0.15, 0.2) is 0 Å². The van der Waals surface area contributed by atoms with Crippen molar-refractivity contribution in [2.45, 2.75) is 56.5 Å². The van der Waals surface area contributed by atoms with Gasteiger partial charge >= 0.3 is 0 Å². The second-order valence-electron chi connectivity index (χ2n) is 6.08. The molecule has 0 heterocycles. The van der Waals surface area contributed by atoms with Gasteiger partial charge in [0, 0.05) is 11.6 Å². The molecule has 2 aliphatic rings. The Labute approximate surface area is 114 Å². The maximum absolute atomic E-state index is 9.90. The largest absolute Gasteiger partial charge is 0.508 e. The summed E-state index contributed by atoms with van der Waals surface area (Å²) in [5, 5.41) is 23.4. The Kier molecular flexibility index (Phi) is 3.50. The monoisotopic (exact) mass is 261 g/mol. The van der Waals surface area contributed by atoms with Gasteiger partial charge in [0.05, 0.1) is 6.61 Å². The van der Waals surface area contributed by atoms with Crippen LogP contribution >= 0.6 is 0 Å². The van der Waals surface area contributed by atoms with Crippen LogP contribution in [0.1, 0.15) is 55.7 Å². The molecular formula is C16H23NO2. The predicted molar refractivity (Wildman–Crippen MR) is 75.2 cm³/mol. The molecule has 3 N–H and O–H groups in total. The highest BCUT2D eigenvalue weighted by atomic mass is 16.3. The number of hydrogen-bond donors (Lipinski definition) is 3. The summed E-state index contributed by atoms with van der Waals surface area (Å²) in [5.41, 5.74) is 2.21. The molecule has 0 aliphatic heterocycles. The molecule has 0 radical (unpaired) electrons. The SMILES string of the molecule is OCC1(NC2CCc3c(O)cccc32)CCCCC1. The highest BCUT2D eigenvalue weighted by molar-refractivity contribution is 5.44. The van der Waals surface area contributed by atoms with E-state index in [-0.39, 0.29) is 18.2 Å². The van der Waals surface area contributed by atoms with Gasteiger partial charge in [0.2, 0.25) is 0 Å². The van der Waals surface area contributed by atoms with Crippen molar-refractivity contribution in [1.82, 2.24) is 5.32 Å². The van der Waals surface area contributed by atoms with E-state index in [0.29, 0.717) is 5.75 Å². The second-order valence-corrected chi connectivity index (χ2v) is 6.08. The summed E-state index contributed by atoms with van der Waals surface area (Å²) in [6.07, 6.45) is 7.77. The minimum atomic E-state index is -0.101. The van der Waals surface area contributed by atoms with Gasteiger partial charge in [-0.2, -0.15) is 0 Å². The van der Waals surface area contributed by atoms with E-state index < -0.39 is 0 Å². The first-order valence-electron chi connectivity index (χ1n) is 7.43. The van der Waals surface area contributed by atoms with Crippen LogP contribution in [0.2, 0.25) is 0 Å². The van der Waals surface area contributed by atoms with Crippen LogP contribution in [0.5, 0.6) is 5.75 Å². The fourth-order valence-corrected chi connectivity index (χ4v) is 3.73. The van der Waals surface area contributed by atoms with E-state index >= 15 is 0 Å². The third-order valence-electron chi connectivity index (χ3n) is 4.84. The van der Waals surface area contributed by atoms with Gasteiger partial charge in [0.25, 0.3) is 0 Å². The molecule has 1 fully saturated rings. The number of aromatic hydroxyl groups is 1. The molecule has 0 amide bonds. The zero-order chi connectivity index (χ0) is 13.3. The Morgan fingerprint density at radius 3 is 2.74 bits per heavy atom. The van der Waals surface area contributed by atoms with Crippen LogP contribution in [0.15, 0.2) is 18.2 Å². The number of hydrogen-bond acceptors (Lipinski definition) is 3. The number of rotatable bonds is 3. The standard InChI is InChI=1S/C16H23NO2/c18-11-16(9-2-1-3-10-16)17-14-8-7-13-12(14)5-4-6-15(13)19/h4-6,14,17-19H,1-3,7-11H2. The van der Waals surface area contributed by atoms with Crippen molar-refractivity contribution < 1.29 is 10.2 Å². The summed E-state index contributed by atoms with van der Waals surface area (Å²) >= 11 is 0. The lowest BCUT2D eigenvalue weighted by molar-refractivity contribution is 0.108. The van der Waals surface area contributed by atoms with Gasteiger partial charge in [-0.1, -0.05) is 31.4 Å². The number of phenols is 1. The average molecular weight is 261 g/mol. The number of nitrogens with one attached hydrogen (secondary N) is 1. The van der Waals surface area contributed by atoms with E-state index in [2.05, 4.69) is 11.4 Å². The number of phenolic OH excluding ortho intramolecular Hbond substituents is 1. The quantitative estimate of drug-likeness (QED) is 0.784.